The molecule has 5 heteroatoms. The third-order valence-electron chi connectivity index (χ3n) is 7.72. The van der Waals surface area contributed by atoms with Gasteiger partial charge in [0.15, 0.2) is 5.78 Å². The molecule has 0 bridgehead atoms. The van der Waals surface area contributed by atoms with Crippen molar-refractivity contribution in [1.29, 1.82) is 0 Å². The Morgan fingerprint density at radius 3 is 2.28 bits per heavy atom. The molecule has 0 spiro atoms. The molecule has 2 aromatic rings. The van der Waals surface area contributed by atoms with Crippen LogP contribution in [0.1, 0.15) is 48.0 Å². The van der Waals surface area contributed by atoms with Gasteiger partial charge in [-0.05, 0) is 24.5 Å². The number of ketones is 1. The maximum absolute atomic E-state index is 13.8. The Labute approximate surface area is 187 Å². The fourth-order valence-electron chi connectivity index (χ4n) is 6.31. The minimum atomic E-state index is -0.677. The molecule has 0 aromatic heterocycles. The molecule has 3 heterocycles. The van der Waals surface area contributed by atoms with Crippen molar-refractivity contribution in [1.82, 2.24) is 4.90 Å². The quantitative estimate of drug-likeness (QED) is 0.548. The maximum atomic E-state index is 13.8. The fraction of sp³-hybridized carbons (Fsp3) is 0.370. The van der Waals surface area contributed by atoms with E-state index in [9.17, 15) is 14.4 Å². The number of hydrogen-bond acceptors (Lipinski definition) is 4. The van der Waals surface area contributed by atoms with Crippen molar-refractivity contribution >= 4 is 29.4 Å². The van der Waals surface area contributed by atoms with Crippen LogP contribution in [0, 0.1) is 11.8 Å². The first kappa shape index (κ1) is 19.5. The number of rotatable bonds is 3. The number of para-hydroxylation sites is 1. The number of benzene rings is 2. The summed E-state index contributed by atoms with van der Waals surface area (Å²) >= 11 is 0. The number of anilines is 1. The molecule has 4 aliphatic rings. The Balaban J connectivity index is 1.46. The molecule has 4 atom stereocenters. The minimum Gasteiger partial charge on any atom is -0.352 e. The Morgan fingerprint density at radius 1 is 0.812 bits per heavy atom. The number of Topliss-reactive ketones (excluding diaryl/α,β-unsaturated/α-hetero) is 1. The Hall–Kier alpha value is -3.21. The van der Waals surface area contributed by atoms with E-state index in [1.54, 1.807) is 17.0 Å². The molecule has 5 nitrogen and oxygen atoms in total. The van der Waals surface area contributed by atoms with Gasteiger partial charge in [0.1, 0.15) is 6.04 Å². The second-order valence-corrected chi connectivity index (χ2v) is 9.38. The lowest BCUT2D eigenvalue weighted by Crippen LogP contribution is -2.51. The van der Waals surface area contributed by atoms with Crippen molar-refractivity contribution in [2.45, 2.75) is 50.2 Å². The highest BCUT2D eigenvalue weighted by Gasteiger charge is 2.64. The summed E-state index contributed by atoms with van der Waals surface area (Å²) in [5, 5.41) is 0. The van der Waals surface area contributed by atoms with Crippen molar-refractivity contribution < 1.29 is 14.4 Å². The van der Waals surface area contributed by atoms with E-state index in [1.807, 2.05) is 59.5 Å². The van der Waals surface area contributed by atoms with Crippen LogP contribution in [0.4, 0.5) is 5.69 Å². The van der Waals surface area contributed by atoms with Gasteiger partial charge in [0.2, 0.25) is 11.8 Å². The van der Waals surface area contributed by atoms with Crippen LogP contribution in [0.2, 0.25) is 0 Å². The molecule has 0 radical (unpaired) electrons. The highest BCUT2D eigenvalue weighted by molar-refractivity contribution is 6.14. The first-order valence-corrected chi connectivity index (χ1v) is 11.7. The van der Waals surface area contributed by atoms with Crippen LogP contribution in [0.25, 0.3) is 6.08 Å². The summed E-state index contributed by atoms with van der Waals surface area (Å²) in [6.45, 7) is 0. The number of fused-ring (bicyclic) bond motifs is 5. The topological polar surface area (TPSA) is 57.7 Å². The predicted molar refractivity (Wildman–Crippen MR) is 122 cm³/mol. The number of carbonyl (C=O) groups excluding carboxylic acids is 3. The molecule has 2 saturated heterocycles. The zero-order chi connectivity index (χ0) is 21.8. The first-order valence-electron chi connectivity index (χ1n) is 11.7. The Bertz CT molecular complexity index is 1120. The lowest BCUT2D eigenvalue weighted by molar-refractivity contribution is -0.143. The molecule has 2 aromatic carbocycles. The van der Waals surface area contributed by atoms with E-state index in [1.165, 1.54) is 0 Å². The van der Waals surface area contributed by atoms with E-state index in [4.69, 9.17) is 0 Å². The van der Waals surface area contributed by atoms with Gasteiger partial charge in [-0.3, -0.25) is 19.3 Å². The van der Waals surface area contributed by atoms with Gasteiger partial charge in [-0.25, -0.2) is 0 Å². The van der Waals surface area contributed by atoms with Gasteiger partial charge in [-0.15, -0.1) is 0 Å². The lowest BCUT2D eigenvalue weighted by Gasteiger charge is -2.38. The van der Waals surface area contributed by atoms with E-state index in [-0.39, 0.29) is 29.7 Å². The number of nitrogens with zero attached hydrogens (tertiary/aromatic N) is 2. The average Bonchev–Trinajstić information content (AvgIpc) is 3.32. The van der Waals surface area contributed by atoms with Crippen molar-refractivity contribution in [3.05, 3.63) is 71.8 Å². The second-order valence-electron chi connectivity index (χ2n) is 9.38. The van der Waals surface area contributed by atoms with Gasteiger partial charge in [0, 0.05) is 17.3 Å². The maximum Gasteiger partial charge on any atom is 0.236 e. The first-order chi connectivity index (χ1) is 15.7. The second kappa shape index (κ2) is 7.44. The van der Waals surface area contributed by atoms with Crippen LogP contribution >= 0.6 is 0 Å². The van der Waals surface area contributed by atoms with Crippen LogP contribution < -0.4 is 4.90 Å². The normalized spacial score (nSPS) is 29.1. The molecule has 3 aliphatic heterocycles. The van der Waals surface area contributed by atoms with Gasteiger partial charge in [-0.2, -0.15) is 0 Å². The molecule has 2 amide bonds. The highest BCUT2D eigenvalue weighted by atomic mass is 16.2. The third kappa shape index (κ3) is 2.73. The molecule has 6 rings (SSSR count). The fourth-order valence-corrected chi connectivity index (χ4v) is 6.31. The summed E-state index contributed by atoms with van der Waals surface area (Å²) < 4.78 is 0. The molecule has 1 saturated carbocycles. The van der Waals surface area contributed by atoms with E-state index in [0.29, 0.717) is 5.56 Å². The van der Waals surface area contributed by atoms with E-state index in [0.717, 1.165) is 43.4 Å². The summed E-state index contributed by atoms with van der Waals surface area (Å²) in [6, 6.07) is 16.1. The zero-order valence-corrected chi connectivity index (χ0v) is 17.9. The van der Waals surface area contributed by atoms with Crippen LogP contribution in [-0.4, -0.2) is 40.6 Å². The van der Waals surface area contributed by atoms with E-state index < -0.39 is 17.9 Å². The van der Waals surface area contributed by atoms with Crippen molar-refractivity contribution in [2.24, 2.45) is 11.8 Å². The largest absolute Gasteiger partial charge is 0.352 e. The summed E-state index contributed by atoms with van der Waals surface area (Å²) in [7, 11) is 0. The predicted octanol–water partition coefficient (Wildman–Crippen LogP) is 4.09. The van der Waals surface area contributed by atoms with Crippen molar-refractivity contribution in [3.8, 4) is 0 Å². The van der Waals surface area contributed by atoms with Crippen molar-refractivity contribution in [3.63, 3.8) is 0 Å². The van der Waals surface area contributed by atoms with Crippen molar-refractivity contribution in [2.75, 3.05) is 4.90 Å². The molecule has 0 unspecified atom stereocenters. The molecule has 162 valence electrons. The van der Waals surface area contributed by atoms with Gasteiger partial charge in [0.05, 0.1) is 17.9 Å². The van der Waals surface area contributed by atoms with Gasteiger partial charge >= 0.3 is 0 Å². The number of hydrogen-bond donors (Lipinski definition) is 0. The van der Waals surface area contributed by atoms with Gasteiger partial charge in [0.25, 0.3) is 0 Å². The summed E-state index contributed by atoms with van der Waals surface area (Å²) in [4.78, 5) is 44.9. The summed E-state index contributed by atoms with van der Waals surface area (Å²) in [6.07, 6.45) is 9.06. The lowest BCUT2D eigenvalue weighted by atomic mass is 9.86. The van der Waals surface area contributed by atoms with E-state index >= 15 is 0 Å². The highest BCUT2D eigenvalue weighted by Crippen LogP contribution is 2.50. The smallest absolute Gasteiger partial charge is 0.236 e. The standard InChI is InChI=1S/C27H26N2O3/c30-25(18-10-3-1-4-11-18)24-23-22(21-16-15-17-9-7-8-14-20(17)29(21)24)26(31)28(27(23)32)19-12-5-2-6-13-19/h1,3-4,7-11,14-16,19,21-24H,2,5-6,12-13H2/t21-,22-,23+,24+/m1/s1. The molecular weight excluding hydrogens is 400 g/mol. The Kier molecular flexibility index (Phi) is 4.53. The number of carbonyl (C=O) groups is 3. The number of amides is 2. The zero-order valence-electron chi connectivity index (χ0n) is 17.9. The number of imide groups is 1. The molecule has 0 N–H and O–H groups in total. The van der Waals surface area contributed by atoms with Gasteiger partial charge in [-0.1, -0.05) is 79.9 Å². The van der Waals surface area contributed by atoms with Crippen LogP contribution in [0.3, 0.4) is 0 Å². The van der Waals surface area contributed by atoms with Crippen LogP contribution in [0.5, 0.6) is 0 Å². The number of likely N-dealkylation sites (tertiary alicyclic amines) is 1. The molecule has 32 heavy (non-hydrogen) atoms. The summed E-state index contributed by atoms with van der Waals surface area (Å²) in [5.41, 5.74) is 2.52. The average molecular weight is 427 g/mol. The molecule has 3 fully saturated rings. The Morgan fingerprint density at radius 2 is 1.50 bits per heavy atom. The van der Waals surface area contributed by atoms with Crippen LogP contribution in [0.15, 0.2) is 60.7 Å². The monoisotopic (exact) mass is 426 g/mol. The molecular formula is C27H26N2O3. The van der Waals surface area contributed by atoms with E-state index in [2.05, 4.69) is 0 Å². The van der Waals surface area contributed by atoms with Crippen LogP contribution in [-0.2, 0) is 9.59 Å². The third-order valence-corrected chi connectivity index (χ3v) is 7.72. The molecule has 1 aliphatic carbocycles. The SMILES string of the molecule is O=C(c1ccccc1)[C@@H]1[C@H]2C(=O)N(C3CCCCC3)C(=O)[C@@H]2[C@H]2C=Cc3ccccc3N21. The minimum absolute atomic E-state index is 0.0184. The summed E-state index contributed by atoms with van der Waals surface area (Å²) in [5.74, 6) is -1.47. The van der Waals surface area contributed by atoms with Gasteiger partial charge < -0.3 is 4.90 Å².